The van der Waals surface area contributed by atoms with Crippen LogP contribution in [-0.4, -0.2) is 40.3 Å². The van der Waals surface area contributed by atoms with Gasteiger partial charge in [0.15, 0.2) is 0 Å². The molecule has 3 rings (SSSR count). The van der Waals surface area contributed by atoms with Crippen molar-refractivity contribution in [3.63, 3.8) is 0 Å². The number of amides is 1. The first kappa shape index (κ1) is 17.2. The van der Waals surface area contributed by atoms with Crippen LogP contribution in [0.2, 0.25) is 0 Å². The van der Waals surface area contributed by atoms with E-state index in [-0.39, 0.29) is 11.5 Å². The SMILES string of the molecule is C[C@H]1CCCN(C(=O)c2ccc(=O)n(CCOc3ccccc3)n2)C1. The fourth-order valence-electron chi connectivity index (χ4n) is 3.03. The summed E-state index contributed by atoms with van der Waals surface area (Å²) in [6.07, 6.45) is 2.16. The van der Waals surface area contributed by atoms with Crippen molar-refractivity contribution in [3.05, 3.63) is 58.5 Å². The highest BCUT2D eigenvalue weighted by Gasteiger charge is 2.23. The Morgan fingerprint density at radius 2 is 2.04 bits per heavy atom. The van der Waals surface area contributed by atoms with Crippen molar-refractivity contribution >= 4 is 5.91 Å². The third kappa shape index (κ3) is 4.47. The van der Waals surface area contributed by atoms with E-state index in [9.17, 15) is 9.59 Å². The average molecular weight is 341 g/mol. The van der Waals surface area contributed by atoms with E-state index in [4.69, 9.17) is 4.74 Å². The van der Waals surface area contributed by atoms with Crippen LogP contribution in [0.5, 0.6) is 5.75 Å². The van der Waals surface area contributed by atoms with E-state index in [0.29, 0.717) is 24.8 Å². The molecule has 6 heteroatoms. The Morgan fingerprint density at radius 3 is 2.80 bits per heavy atom. The summed E-state index contributed by atoms with van der Waals surface area (Å²) in [7, 11) is 0. The van der Waals surface area contributed by atoms with Gasteiger partial charge in [-0.15, -0.1) is 0 Å². The molecular weight excluding hydrogens is 318 g/mol. The largest absolute Gasteiger partial charge is 0.492 e. The molecule has 2 aromatic rings. The molecule has 0 bridgehead atoms. The highest BCUT2D eigenvalue weighted by molar-refractivity contribution is 5.92. The maximum atomic E-state index is 12.6. The fraction of sp³-hybridized carbons (Fsp3) is 0.421. The van der Waals surface area contributed by atoms with E-state index < -0.39 is 0 Å². The molecule has 1 aliphatic heterocycles. The molecular formula is C19H23N3O3. The molecule has 0 radical (unpaired) electrons. The summed E-state index contributed by atoms with van der Waals surface area (Å²) < 4.78 is 6.90. The molecule has 0 spiro atoms. The highest BCUT2D eigenvalue weighted by atomic mass is 16.5. The molecule has 0 unspecified atom stereocenters. The number of aromatic nitrogens is 2. The summed E-state index contributed by atoms with van der Waals surface area (Å²) in [5.74, 6) is 1.14. The first-order valence-corrected chi connectivity index (χ1v) is 8.69. The van der Waals surface area contributed by atoms with Crippen molar-refractivity contribution < 1.29 is 9.53 Å². The lowest BCUT2D eigenvalue weighted by molar-refractivity contribution is 0.0673. The van der Waals surface area contributed by atoms with Crippen LogP contribution in [0, 0.1) is 5.92 Å². The van der Waals surface area contributed by atoms with Gasteiger partial charge in [-0.1, -0.05) is 25.1 Å². The van der Waals surface area contributed by atoms with E-state index in [0.717, 1.165) is 31.7 Å². The molecule has 1 aliphatic rings. The summed E-state index contributed by atoms with van der Waals surface area (Å²) >= 11 is 0. The number of carbonyl (C=O) groups is 1. The quantitative estimate of drug-likeness (QED) is 0.836. The second kappa shape index (κ2) is 7.96. The van der Waals surface area contributed by atoms with Crippen molar-refractivity contribution in [1.82, 2.24) is 14.7 Å². The van der Waals surface area contributed by atoms with Gasteiger partial charge in [0.2, 0.25) is 0 Å². The molecule has 0 aliphatic carbocycles. The minimum atomic E-state index is -0.236. The Balaban J connectivity index is 1.65. The third-order valence-corrected chi connectivity index (χ3v) is 4.34. The molecule has 1 aromatic heterocycles. The van der Waals surface area contributed by atoms with E-state index in [1.54, 1.807) is 0 Å². The Hall–Kier alpha value is -2.63. The summed E-state index contributed by atoms with van der Waals surface area (Å²) in [6.45, 7) is 4.26. The van der Waals surface area contributed by atoms with Crippen LogP contribution in [0.1, 0.15) is 30.3 Å². The van der Waals surface area contributed by atoms with E-state index in [1.807, 2.05) is 35.2 Å². The number of carbonyl (C=O) groups excluding carboxylic acids is 1. The first-order chi connectivity index (χ1) is 12.1. The second-order valence-corrected chi connectivity index (χ2v) is 6.44. The number of hydrogen-bond acceptors (Lipinski definition) is 4. The number of rotatable bonds is 5. The second-order valence-electron chi connectivity index (χ2n) is 6.44. The van der Waals surface area contributed by atoms with Gasteiger partial charge < -0.3 is 9.64 Å². The van der Waals surface area contributed by atoms with Gasteiger partial charge in [-0.2, -0.15) is 5.10 Å². The van der Waals surface area contributed by atoms with Crippen molar-refractivity contribution in [2.45, 2.75) is 26.3 Å². The van der Waals surface area contributed by atoms with E-state index >= 15 is 0 Å². The Morgan fingerprint density at radius 1 is 1.24 bits per heavy atom. The molecule has 6 nitrogen and oxygen atoms in total. The van der Waals surface area contributed by atoms with Crippen LogP contribution >= 0.6 is 0 Å². The highest BCUT2D eigenvalue weighted by Crippen LogP contribution is 2.17. The Kier molecular flexibility index (Phi) is 5.48. The van der Waals surface area contributed by atoms with Crippen molar-refractivity contribution in [1.29, 1.82) is 0 Å². The number of ether oxygens (including phenoxy) is 1. The average Bonchev–Trinajstić information content (AvgIpc) is 2.63. The molecule has 2 heterocycles. The molecule has 1 fully saturated rings. The number of para-hydroxylation sites is 1. The molecule has 0 saturated carbocycles. The number of benzene rings is 1. The Bertz CT molecular complexity index is 773. The molecule has 1 amide bonds. The maximum Gasteiger partial charge on any atom is 0.274 e. The van der Waals surface area contributed by atoms with Crippen molar-refractivity contribution in [2.24, 2.45) is 5.92 Å². The van der Waals surface area contributed by atoms with E-state index in [1.165, 1.54) is 16.8 Å². The minimum absolute atomic E-state index is 0.107. The van der Waals surface area contributed by atoms with Crippen LogP contribution in [0.15, 0.2) is 47.3 Å². The first-order valence-electron chi connectivity index (χ1n) is 8.69. The summed E-state index contributed by atoms with van der Waals surface area (Å²) in [6, 6.07) is 12.3. The standard InChI is InChI=1S/C19H23N3O3/c1-15-6-5-11-21(14-15)19(24)17-9-10-18(23)22(20-17)12-13-25-16-7-3-2-4-8-16/h2-4,7-10,15H,5-6,11-14H2,1H3/t15-/m0/s1. The lowest BCUT2D eigenvalue weighted by Gasteiger charge is -2.30. The van der Waals surface area contributed by atoms with Crippen molar-refractivity contribution in [3.8, 4) is 5.75 Å². The summed E-state index contributed by atoms with van der Waals surface area (Å²) in [5, 5.41) is 4.24. The summed E-state index contributed by atoms with van der Waals surface area (Å²) in [4.78, 5) is 26.4. The van der Waals surface area contributed by atoms with Gasteiger partial charge in [-0.3, -0.25) is 9.59 Å². The Labute approximate surface area is 147 Å². The lowest BCUT2D eigenvalue weighted by atomic mass is 10.00. The third-order valence-electron chi connectivity index (χ3n) is 4.34. The fourth-order valence-corrected chi connectivity index (χ4v) is 3.03. The van der Waals surface area contributed by atoms with Crippen LogP contribution in [0.4, 0.5) is 0 Å². The monoisotopic (exact) mass is 341 g/mol. The van der Waals surface area contributed by atoms with Crippen LogP contribution in [0.3, 0.4) is 0 Å². The number of hydrogen-bond donors (Lipinski definition) is 0. The molecule has 132 valence electrons. The molecule has 25 heavy (non-hydrogen) atoms. The predicted octanol–water partition coefficient (Wildman–Crippen LogP) is 2.19. The zero-order valence-electron chi connectivity index (χ0n) is 14.4. The zero-order valence-corrected chi connectivity index (χ0v) is 14.4. The van der Waals surface area contributed by atoms with Gasteiger partial charge in [0.05, 0.1) is 6.54 Å². The van der Waals surface area contributed by atoms with Gasteiger partial charge in [0.1, 0.15) is 18.1 Å². The molecule has 1 saturated heterocycles. The van der Waals surface area contributed by atoms with Gasteiger partial charge in [-0.25, -0.2) is 4.68 Å². The molecule has 1 atom stereocenters. The molecule has 0 N–H and O–H groups in total. The van der Waals surface area contributed by atoms with Gasteiger partial charge in [0.25, 0.3) is 11.5 Å². The number of nitrogens with zero attached hydrogens (tertiary/aromatic N) is 3. The van der Waals surface area contributed by atoms with Gasteiger partial charge in [0, 0.05) is 19.2 Å². The smallest absolute Gasteiger partial charge is 0.274 e. The minimum Gasteiger partial charge on any atom is -0.492 e. The van der Waals surface area contributed by atoms with Crippen molar-refractivity contribution in [2.75, 3.05) is 19.7 Å². The predicted molar refractivity (Wildman–Crippen MR) is 94.7 cm³/mol. The topological polar surface area (TPSA) is 64.4 Å². The zero-order chi connectivity index (χ0) is 17.6. The maximum absolute atomic E-state index is 12.6. The van der Waals surface area contributed by atoms with Gasteiger partial charge >= 0.3 is 0 Å². The van der Waals surface area contributed by atoms with Crippen LogP contribution in [0.25, 0.3) is 0 Å². The van der Waals surface area contributed by atoms with E-state index in [2.05, 4.69) is 12.0 Å². The number of piperidine rings is 1. The molecule has 1 aromatic carbocycles. The number of likely N-dealkylation sites (tertiary alicyclic amines) is 1. The lowest BCUT2D eigenvalue weighted by Crippen LogP contribution is -2.40. The van der Waals surface area contributed by atoms with Crippen LogP contribution < -0.4 is 10.3 Å². The van der Waals surface area contributed by atoms with Crippen LogP contribution in [-0.2, 0) is 6.54 Å². The van der Waals surface area contributed by atoms with Gasteiger partial charge in [-0.05, 0) is 37.0 Å². The summed E-state index contributed by atoms with van der Waals surface area (Å²) in [5.41, 5.74) is 0.0774. The normalized spacial score (nSPS) is 17.3.